The van der Waals surface area contributed by atoms with Gasteiger partial charge in [0.05, 0.1) is 0 Å². The van der Waals surface area contributed by atoms with Gasteiger partial charge in [-0.2, -0.15) is 0 Å². The molecule has 0 radical (unpaired) electrons. The maximum atomic E-state index is 13.0. The molecule has 1 N–H and O–H groups in total. The Balaban J connectivity index is 0.00000240. The number of nitrogens with one attached hydrogen (secondary N) is 1. The Morgan fingerprint density at radius 3 is 2.45 bits per heavy atom. The second kappa shape index (κ2) is 9.05. The van der Waals surface area contributed by atoms with E-state index in [1.807, 2.05) is 0 Å². The fourth-order valence-corrected chi connectivity index (χ4v) is 4.28. The molecule has 0 bridgehead atoms. The Hall–Kier alpha value is -2.25. The van der Waals surface area contributed by atoms with Crippen LogP contribution in [0.2, 0.25) is 0 Å². The van der Waals surface area contributed by atoms with Gasteiger partial charge in [0, 0.05) is 35.8 Å². The van der Waals surface area contributed by atoms with Gasteiger partial charge in [-0.15, -0.1) is 12.4 Å². The summed E-state index contributed by atoms with van der Waals surface area (Å²) in [6, 6.07) is 5.70. The summed E-state index contributed by atoms with van der Waals surface area (Å²) in [4.78, 5) is 42.3. The first-order valence-corrected chi connectivity index (χ1v) is 9.90. The van der Waals surface area contributed by atoms with Crippen molar-refractivity contribution in [2.24, 2.45) is 5.92 Å². The molecule has 29 heavy (non-hydrogen) atoms. The SMILES string of the molecule is Cl.O=C(c1ccc(F)cc1)C1CCN(CCn2c(=O)[nH]c3c(c2=O)CCC3)CC1. The van der Waals surface area contributed by atoms with Crippen LogP contribution in [-0.4, -0.2) is 39.9 Å². The highest BCUT2D eigenvalue weighted by atomic mass is 35.5. The number of carbonyl (C=O) groups is 1. The van der Waals surface area contributed by atoms with E-state index < -0.39 is 0 Å². The van der Waals surface area contributed by atoms with Crippen molar-refractivity contribution in [3.8, 4) is 0 Å². The van der Waals surface area contributed by atoms with Crippen LogP contribution >= 0.6 is 12.4 Å². The van der Waals surface area contributed by atoms with Crippen molar-refractivity contribution < 1.29 is 9.18 Å². The molecule has 6 nitrogen and oxygen atoms in total. The number of likely N-dealkylation sites (tertiary alicyclic amines) is 1. The van der Waals surface area contributed by atoms with Crippen LogP contribution < -0.4 is 11.2 Å². The Morgan fingerprint density at radius 2 is 1.76 bits per heavy atom. The lowest BCUT2D eigenvalue weighted by atomic mass is 9.89. The third-order valence-corrected chi connectivity index (χ3v) is 5.95. The van der Waals surface area contributed by atoms with Gasteiger partial charge >= 0.3 is 5.69 Å². The summed E-state index contributed by atoms with van der Waals surface area (Å²) in [6.45, 7) is 2.46. The van der Waals surface area contributed by atoms with Gasteiger partial charge in [-0.05, 0) is 69.5 Å². The number of benzene rings is 1. The molecule has 1 saturated heterocycles. The van der Waals surface area contributed by atoms with Gasteiger partial charge in [-0.25, -0.2) is 9.18 Å². The molecule has 2 heterocycles. The summed E-state index contributed by atoms with van der Waals surface area (Å²) >= 11 is 0. The van der Waals surface area contributed by atoms with Gasteiger partial charge in [-0.1, -0.05) is 0 Å². The largest absolute Gasteiger partial charge is 0.328 e. The predicted octanol–water partition coefficient (Wildman–Crippen LogP) is 2.18. The summed E-state index contributed by atoms with van der Waals surface area (Å²) < 4.78 is 14.3. The number of carbonyl (C=O) groups excluding carboxylic acids is 1. The summed E-state index contributed by atoms with van der Waals surface area (Å²) in [6.07, 6.45) is 3.88. The summed E-state index contributed by atoms with van der Waals surface area (Å²) in [5.41, 5.74) is 1.62. The average Bonchev–Trinajstić information content (AvgIpc) is 3.17. The average molecular weight is 422 g/mol. The van der Waals surface area contributed by atoms with Crippen LogP contribution in [0.5, 0.6) is 0 Å². The number of H-pyrrole nitrogens is 1. The van der Waals surface area contributed by atoms with E-state index in [1.54, 1.807) is 0 Å². The summed E-state index contributed by atoms with van der Waals surface area (Å²) in [5.74, 6) is -0.345. The van der Waals surface area contributed by atoms with Crippen LogP contribution in [0, 0.1) is 11.7 Å². The molecule has 1 aliphatic heterocycles. The second-order valence-electron chi connectivity index (χ2n) is 7.68. The van der Waals surface area contributed by atoms with Crippen LogP contribution in [0.4, 0.5) is 4.39 Å². The molecule has 1 aromatic carbocycles. The van der Waals surface area contributed by atoms with E-state index in [-0.39, 0.29) is 41.2 Å². The van der Waals surface area contributed by atoms with Gasteiger partial charge < -0.3 is 9.88 Å². The van der Waals surface area contributed by atoms with Crippen molar-refractivity contribution in [3.63, 3.8) is 0 Å². The molecular weight excluding hydrogens is 397 g/mol. The van der Waals surface area contributed by atoms with E-state index >= 15 is 0 Å². The van der Waals surface area contributed by atoms with Crippen molar-refractivity contribution >= 4 is 18.2 Å². The third-order valence-electron chi connectivity index (χ3n) is 5.95. The minimum absolute atomic E-state index is 0. The number of rotatable bonds is 5. The molecule has 1 aromatic heterocycles. The van der Waals surface area contributed by atoms with E-state index in [0.717, 1.165) is 56.5 Å². The molecule has 156 valence electrons. The first-order valence-electron chi connectivity index (χ1n) is 9.90. The maximum absolute atomic E-state index is 13.0. The van der Waals surface area contributed by atoms with Gasteiger partial charge in [0.15, 0.2) is 5.78 Å². The molecule has 0 spiro atoms. The van der Waals surface area contributed by atoms with E-state index in [9.17, 15) is 18.8 Å². The Bertz CT molecular complexity index is 992. The lowest BCUT2D eigenvalue weighted by Gasteiger charge is -2.31. The highest BCUT2D eigenvalue weighted by Crippen LogP contribution is 2.22. The fourth-order valence-electron chi connectivity index (χ4n) is 4.28. The van der Waals surface area contributed by atoms with E-state index in [2.05, 4.69) is 9.88 Å². The lowest BCUT2D eigenvalue weighted by Crippen LogP contribution is -2.43. The van der Waals surface area contributed by atoms with E-state index in [4.69, 9.17) is 0 Å². The molecule has 4 rings (SSSR count). The standard InChI is InChI=1S/C21H24FN3O3.ClH/c22-16-6-4-14(5-7-16)19(26)15-8-10-24(11-9-15)12-13-25-20(27)17-2-1-3-18(17)23-21(25)28;/h4-7,15H,1-3,8-13H2,(H,23,28);1H. The number of ketones is 1. The number of aromatic amines is 1. The molecule has 0 saturated carbocycles. The van der Waals surface area contributed by atoms with Crippen molar-refractivity contribution in [1.82, 2.24) is 14.5 Å². The van der Waals surface area contributed by atoms with Gasteiger partial charge in [0.25, 0.3) is 5.56 Å². The number of hydrogen-bond donors (Lipinski definition) is 1. The molecule has 1 fully saturated rings. The fraction of sp³-hybridized carbons (Fsp3) is 0.476. The van der Waals surface area contributed by atoms with Crippen molar-refractivity contribution in [1.29, 1.82) is 0 Å². The van der Waals surface area contributed by atoms with Gasteiger partial charge in [0.1, 0.15) is 5.82 Å². The Morgan fingerprint density at radius 1 is 1.07 bits per heavy atom. The first-order chi connectivity index (χ1) is 13.5. The smallest absolute Gasteiger partial charge is 0.311 e. The minimum Gasteiger partial charge on any atom is -0.311 e. The number of nitrogens with zero attached hydrogens (tertiary/aromatic N) is 2. The first kappa shape index (κ1) is 21.5. The minimum atomic E-state index is -0.344. The van der Waals surface area contributed by atoms with Crippen LogP contribution in [0.25, 0.3) is 0 Å². The van der Waals surface area contributed by atoms with Gasteiger partial charge in [0.2, 0.25) is 0 Å². The quantitative estimate of drug-likeness (QED) is 0.751. The molecule has 1 aliphatic carbocycles. The molecule has 0 amide bonds. The zero-order chi connectivity index (χ0) is 19.7. The van der Waals surface area contributed by atoms with E-state index in [1.165, 1.54) is 28.8 Å². The number of halogens is 2. The normalized spacial score (nSPS) is 17.0. The molecule has 2 aromatic rings. The van der Waals surface area contributed by atoms with Crippen molar-refractivity contribution in [3.05, 3.63) is 67.7 Å². The zero-order valence-electron chi connectivity index (χ0n) is 16.2. The summed E-state index contributed by atoms with van der Waals surface area (Å²) in [5, 5.41) is 0. The highest BCUT2D eigenvalue weighted by molar-refractivity contribution is 5.97. The third kappa shape index (κ3) is 4.51. The van der Waals surface area contributed by atoms with Crippen LogP contribution in [0.1, 0.15) is 40.9 Å². The second-order valence-corrected chi connectivity index (χ2v) is 7.68. The maximum Gasteiger partial charge on any atom is 0.328 e. The van der Waals surface area contributed by atoms with Crippen LogP contribution in [0.15, 0.2) is 33.9 Å². The number of aromatic nitrogens is 2. The lowest BCUT2D eigenvalue weighted by molar-refractivity contribution is 0.0837. The van der Waals surface area contributed by atoms with Crippen LogP contribution in [0.3, 0.4) is 0 Å². The molecule has 0 unspecified atom stereocenters. The number of aryl methyl sites for hydroxylation is 1. The van der Waals surface area contributed by atoms with Gasteiger partial charge in [-0.3, -0.25) is 14.2 Å². The Kier molecular flexibility index (Phi) is 6.70. The Labute approximate surface area is 174 Å². The zero-order valence-corrected chi connectivity index (χ0v) is 17.0. The summed E-state index contributed by atoms with van der Waals surface area (Å²) in [7, 11) is 0. The predicted molar refractivity (Wildman–Crippen MR) is 110 cm³/mol. The van der Waals surface area contributed by atoms with Crippen molar-refractivity contribution in [2.45, 2.75) is 38.6 Å². The molecule has 0 atom stereocenters. The molecule has 2 aliphatic rings. The number of Topliss-reactive ketones (excluding diaryl/α,β-unsaturated/α-hetero) is 1. The monoisotopic (exact) mass is 421 g/mol. The number of fused-ring (bicyclic) bond motifs is 1. The highest BCUT2D eigenvalue weighted by Gasteiger charge is 2.26. The van der Waals surface area contributed by atoms with Crippen molar-refractivity contribution in [2.75, 3.05) is 19.6 Å². The number of hydrogen-bond acceptors (Lipinski definition) is 4. The van der Waals surface area contributed by atoms with E-state index in [0.29, 0.717) is 18.7 Å². The number of piperidine rings is 1. The van der Waals surface area contributed by atoms with Crippen LogP contribution in [-0.2, 0) is 19.4 Å². The topological polar surface area (TPSA) is 75.2 Å². The molecule has 8 heteroatoms. The molecular formula is C21H25ClFN3O3.